The maximum absolute atomic E-state index is 7.16. The highest BCUT2D eigenvalue weighted by atomic mass is 16.6. The number of hydrogen-bond acceptors (Lipinski definition) is 6. The number of rotatable bonds is 8. The maximum Gasteiger partial charge on any atom is 0.165 e. The largest absolute Gasteiger partial charge is 0.493 e. The van der Waals surface area contributed by atoms with Crippen molar-refractivity contribution in [1.82, 2.24) is 14.5 Å². The molecule has 6 atom stereocenters. The zero-order valence-electron chi connectivity index (χ0n) is 24.1. The molecule has 214 valence electrons. The molecule has 2 aliphatic heterocycles. The van der Waals surface area contributed by atoms with Gasteiger partial charge in [-0.1, -0.05) is 6.07 Å². The van der Waals surface area contributed by atoms with E-state index in [-0.39, 0.29) is 28.5 Å². The molecular weight excluding hydrogens is 514 g/mol. The van der Waals surface area contributed by atoms with Crippen molar-refractivity contribution in [3.63, 3.8) is 0 Å². The standard InChI is InChI=1S/C34H39N3O4/c1-38-27-10-5-23-17-28-32-11-12-34(39-2,24(18-32)20-40-26-8-6-25(7-9-26)37-16-14-35-21-37)31-33(32,29(23)30(27)41-31)13-15-36(28)19-22-3-4-22/h5-10,14,16,21-22,24,28,31H,3-4,11-13,15,17-20H2,1-2H3/t24-,28-,31-,32?,33?,34?/m1/s1. The van der Waals surface area contributed by atoms with Gasteiger partial charge in [0.1, 0.15) is 17.5 Å². The van der Waals surface area contributed by atoms with Gasteiger partial charge in [0.2, 0.25) is 0 Å². The summed E-state index contributed by atoms with van der Waals surface area (Å²) in [7, 11) is 3.69. The number of imidazole rings is 1. The number of nitrogens with zero attached hydrogens (tertiary/aromatic N) is 3. The van der Waals surface area contributed by atoms with Crippen LogP contribution in [-0.4, -0.2) is 66.1 Å². The number of fused-ring (bicyclic) bond motifs is 2. The summed E-state index contributed by atoms with van der Waals surface area (Å²) in [6.07, 6.45) is 13.9. The molecule has 5 aliphatic carbocycles. The van der Waals surface area contributed by atoms with Gasteiger partial charge in [-0.05, 0) is 93.3 Å². The smallest absolute Gasteiger partial charge is 0.165 e. The summed E-state index contributed by atoms with van der Waals surface area (Å²) in [5.41, 5.74) is 3.76. The molecule has 5 fully saturated rings. The third-order valence-corrected chi connectivity index (χ3v) is 12.1. The highest BCUT2D eigenvalue weighted by Crippen LogP contribution is 2.76. The third-order valence-electron chi connectivity index (χ3n) is 12.1. The van der Waals surface area contributed by atoms with Gasteiger partial charge in [-0.25, -0.2) is 4.98 Å². The molecule has 0 N–H and O–H groups in total. The Hall–Kier alpha value is -3.03. The van der Waals surface area contributed by atoms with Crippen LogP contribution in [0, 0.1) is 17.3 Å². The molecule has 7 nitrogen and oxygen atoms in total. The van der Waals surface area contributed by atoms with E-state index < -0.39 is 0 Å². The van der Waals surface area contributed by atoms with Crippen molar-refractivity contribution in [1.29, 1.82) is 0 Å². The number of piperidine rings is 1. The van der Waals surface area contributed by atoms with Crippen LogP contribution in [-0.2, 0) is 16.6 Å². The first-order valence-corrected chi connectivity index (χ1v) is 15.5. The van der Waals surface area contributed by atoms with E-state index in [4.69, 9.17) is 18.9 Å². The fourth-order valence-electron chi connectivity index (χ4n) is 10.2. The van der Waals surface area contributed by atoms with Gasteiger partial charge < -0.3 is 23.5 Å². The number of aromatic nitrogens is 2. The maximum atomic E-state index is 7.16. The molecule has 4 saturated carbocycles. The summed E-state index contributed by atoms with van der Waals surface area (Å²) >= 11 is 0. The van der Waals surface area contributed by atoms with Crippen molar-refractivity contribution in [2.75, 3.05) is 33.9 Å². The van der Waals surface area contributed by atoms with Crippen molar-refractivity contribution in [2.24, 2.45) is 17.3 Å². The molecule has 2 aromatic carbocycles. The molecule has 1 aromatic heterocycles. The predicted octanol–water partition coefficient (Wildman–Crippen LogP) is 5.18. The summed E-state index contributed by atoms with van der Waals surface area (Å²) in [5, 5.41) is 0. The molecule has 10 rings (SSSR count). The third kappa shape index (κ3) is 3.09. The summed E-state index contributed by atoms with van der Waals surface area (Å²) in [5.74, 6) is 3.90. The number of ether oxygens (including phenoxy) is 4. The first-order valence-electron chi connectivity index (χ1n) is 15.5. The summed E-state index contributed by atoms with van der Waals surface area (Å²) < 4.78 is 28.4. The Balaban J connectivity index is 1.10. The van der Waals surface area contributed by atoms with Crippen LogP contribution in [0.25, 0.3) is 5.69 Å². The molecule has 41 heavy (non-hydrogen) atoms. The van der Waals surface area contributed by atoms with Gasteiger partial charge in [0.05, 0.1) is 20.0 Å². The van der Waals surface area contributed by atoms with E-state index in [1.807, 2.05) is 24.2 Å². The predicted molar refractivity (Wildman–Crippen MR) is 154 cm³/mol. The number of hydrogen-bond donors (Lipinski definition) is 0. The van der Waals surface area contributed by atoms with Crippen LogP contribution in [0.3, 0.4) is 0 Å². The Morgan fingerprint density at radius 1 is 1.05 bits per heavy atom. The minimum Gasteiger partial charge on any atom is -0.493 e. The van der Waals surface area contributed by atoms with Crippen LogP contribution in [0.1, 0.15) is 49.7 Å². The molecule has 0 radical (unpaired) electrons. The average molecular weight is 554 g/mol. The topological polar surface area (TPSA) is 58.0 Å². The molecule has 3 aromatic rings. The highest BCUT2D eigenvalue weighted by Gasteiger charge is 2.80. The first kappa shape index (κ1) is 24.6. The van der Waals surface area contributed by atoms with Crippen molar-refractivity contribution in [3.8, 4) is 22.9 Å². The van der Waals surface area contributed by atoms with Gasteiger partial charge in [0, 0.05) is 60.1 Å². The lowest BCUT2D eigenvalue weighted by Crippen LogP contribution is -2.81. The van der Waals surface area contributed by atoms with Crippen LogP contribution >= 0.6 is 0 Å². The second-order valence-corrected chi connectivity index (χ2v) is 13.5. The van der Waals surface area contributed by atoms with E-state index in [2.05, 4.69) is 46.3 Å². The monoisotopic (exact) mass is 553 g/mol. The van der Waals surface area contributed by atoms with Crippen LogP contribution in [0.5, 0.6) is 17.2 Å². The van der Waals surface area contributed by atoms with Crippen molar-refractivity contribution < 1.29 is 18.9 Å². The van der Waals surface area contributed by atoms with E-state index in [1.165, 1.54) is 36.9 Å². The molecule has 2 spiro atoms. The van der Waals surface area contributed by atoms with E-state index in [0.29, 0.717) is 12.6 Å². The van der Waals surface area contributed by atoms with Crippen LogP contribution < -0.4 is 14.2 Å². The van der Waals surface area contributed by atoms with Gasteiger partial charge >= 0.3 is 0 Å². The Labute approximate surface area is 241 Å². The zero-order chi connectivity index (χ0) is 27.4. The number of benzene rings is 2. The fraction of sp³-hybridized carbons (Fsp3) is 0.559. The second-order valence-electron chi connectivity index (χ2n) is 13.5. The summed E-state index contributed by atoms with van der Waals surface area (Å²) in [4.78, 5) is 7.06. The Morgan fingerprint density at radius 3 is 2.68 bits per heavy atom. The summed E-state index contributed by atoms with van der Waals surface area (Å²) in [6, 6.07) is 13.3. The Morgan fingerprint density at radius 2 is 1.93 bits per heavy atom. The molecule has 7 aliphatic rings. The van der Waals surface area contributed by atoms with E-state index >= 15 is 0 Å². The highest BCUT2D eigenvalue weighted by molar-refractivity contribution is 5.63. The lowest BCUT2D eigenvalue weighted by molar-refractivity contribution is -0.280. The minimum absolute atomic E-state index is 0.0179. The normalized spacial score (nSPS) is 36.1. The van der Waals surface area contributed by atoms with E-state index in [9.17, 15) is 0 Å². The van der Waals surface area contributed by atoms with Crippen LogP contribution in [0.4, 0.5) is 0 Å². The second kappa shape index (κ2) is 8.51. The molecule has 3 heterocycles. The van der Waals surface area contributed by atoms with Gasteiger partial charge in [-0.2, -0.15) is 0 Å². The Kier molecular flexibility index (Phi) is 5.10. The Bertz CT molecular complexity index is 1490. The number of methoxy groups -OCH3 is 2. The van der Waals surface area contributed by atoms with Crippen LogP contribution in [0.2, 0.25) is 0 Å². The zero-order valence-corrected chi connectivity index (χ0v) is 24.1. The molecule has 0 amide bonds. The first-order chi connectivity index (χ1) is 20.1. The minimum atomic E-state index is -0.389. The van der Waals surface area contributed by atoms with Gasteiger partial charge in [-0.15, -0.1) is 0 Å². The van der Waals surface area contributed by atoms with Gasteiger partial charge in [0.25, 0.3) is 0 Å². The van der Waals surface area contributed by atoms with E-state index in [1.54, 1.807) is 13.3 Å². The molecule has 4 bridgehead atoms. The lowest BCUT2D eigenvalue weighted by Gasteiger charge is -2.73. The van der Waals surface area contributed by atoms with Crippen molar-refractivity contribution in [3.05, 3.63) is 66.2 Å². The van der Waals surface area contributed by atoms with E-state index in [0.717, 1.165) is 61.1 Å². The molecular formula is C34H39N3O4. The molecule has 3 unspecified atom stereocenters. The SMILES string of the molecule is COc1ccc2c3c1O[C@H]1C4(OC)CCC5(C[C@@H]4COc4ccc(-n6ccnc6)cc4)[C@@H](C2)N(CC2CC2)CCC315. The van der Waals surface area contributed by atoms with Gasteiger partial charge in [-0.3, -0.25) is 4.90 Å². The summed E-state index contributed by atoms with van der Waals surface area (Å²) in [6.45, 7) is 3.04. The van der Waals surface area contributed by atoms with Crippen molar-refractivity contribution in [2.45, 2.75) is 68.1 Å². The fourth-order valence-corrected chi connectivity index (χ4v) is 10.2. The lowest BCUT2D eigenvalue weighted by atomic mass is 9.35. The van der Waals surface area contributed by atoms with Crippen LogP contribution in [0.15, 0.2) is 55.1 Å². The number of likely N-dealkylation sites (tertiary alicyclic amines) is 1. The quantitative estimate of drug-likeness (QED) is 0.383. The molecule has 1 saturated heterocycles. The van der Waals surface area contributed by atoms with Gasteiger partial charge in [0.15, 0.2) is 11.5 Å². The average Bonchev–Trinajstić information content (AvgIpc) is 3.50. The molecule has 7 heteroatoms. The van der Waals surface area contributed by atoms with Crippen molar-refractivity contribution >= 4 is 0 Å².